The lowest BCUT2D eigenvalue weighted by atomic mass is 10.2. The normalized spacial score (nSPS) is 14.0. The molecule has 1 aliphatic heterocycles. The molecule has 0 spiro atoms. The van der Waals surface area contributed by atoms with Gasteiger partial charge in [-0.15, -0.1) is 0 Å². The highest BCUT2D eigenvalue weighted by atomic mass is 19.1. The van der Waals surface area contributed by atoms with Crippen LogP contribution < -0.4 is 10.2 Å². The van der Waals surface area contributed by atoms with E-state index >= 15 is 0 Å². The maximum absolute atomic E-state index is 13.9. The van der Waals surface area contributed by atoms with E-state index in [0.29, 0.717) is 37.4 Å². The van der Waals surface area contributed by atoms with Crippen LogP contribution in [-0.2, 0) is 0 Å². The Balaban J connectivity index is 1.44. The van der Waals surface area contributed by atoms with Gasteiger partial charge in [-0.3, -0.25) is 9.78 Å². The number of anilines is 3. The molecule has 3 aromatic rings. The van der Waals surface area contributed by atoms with Crippen molar-refractivity contribution in [2.24, 2.45) is 0 Å². The van der Waals surface area contributed by atoms with Gasteiger partial charge in [0.05, 0.1) is 17.4 Å². The van der Waals surface area contributed by atoms with Gasteiger partial charge in [-0.05, 0) is 30.3 Å². The Labute approximate surface area is 166 Å². The molecular formula is C21H19F2N5O. The Morgan fingerprint density at radius 2 is 1.72 bits per heavy atom. The Bertz CT molecular complexity index is 987. The van der Waals surface area contributed by atoms with Gasteiger partial charge in [0.1, 0.15) is 23.1 Å². The second-order valence-corrected chi connectivity index (χ2v) is 6.65. The van der Waals surface area contributed by atoms with Gasteiger partial charge in [-0.25, -0.2) is 13.8 Å². The fourth-order valence-electron chi connectivity index (χ4n) is 3.25. The second kappa shape index (κ2) is 8.22. The quantitative estimate of drug-likeness (QED) is 0.733. The monoisotopic (exact) mass is 395 g/mol. The van der Waals surface area contributed by atoms with Gasteiger partial charge in [-0.1, -0.05) is 12.1 Å². The molecule has 0 aliphatic carbocycles. The molecule has 2 aromatic heterocycles. The number of carbonyl (C=O) groups is 1. The fourth-order valence-corrected chi connectivity index (χ4v) is 3.25. The molecule has 0 unspecified atom stereocenters. The van der Waals surface area contributed by atoms with E-state index in [1.165, 1.54) is 18.5 Å². The van der Waals surface area contributed by atoms with E-state index in [9.17, 15) is 13.6 Å². The van der Waals surface area contributed by atoms with Crippen molar-refractivity contribution >= 4 is 23.1 Å². The van der Waals surface area contributed by atoms with Crippen molar-refractivity contribution in [3.8, 4) is 0 Å². The number of nitrogens with one attached hydrogen (secondary N) is 1. The molecule has 6 nitrogen and oxygen atoms in total. The Morgan fingerprint density at radius 1 is 0.966 bits per heavy atom. The first-order valence-electron chi connectivity index (χ1n) is 9.23. The van der Waals surface area contributed by atoms with Crippen molar-refractivity contribution in [2.75, 3.05) is 36.4 Å². The van der Waals surface area contributed by atoms with Crippen LogP contribution in [0.3, 0.4) is 0 Å². The van der Waals surface area contributed by atoms with Gasteiger partial charge in [0.25, 0.3) is 5.91 Å². The number of aromatic nitrogens is 2. The third kappa shape index (κ3) is 4.16. The van der Waals surface area contributed by atoms with Crippen LogP contribution in [0, 0.1) is 11.6 Å². The van der Waals surface area contributed by atoms with E-state index < -0.39 is 11.6 Å². The third-order valence-electron chi connectivity index (χ3n) is 4.76. The number of hydrogen-bond acceptors (Lipinski definition) is 5. The molecule has 3 heterocycles. The number of carbonyl (C=O) groups excluding carboxylic acids is 1. The molecule has 8 heteroatoms. The summed E-state index contributed by atoms with van der Waals surface area (Å²) in [7, 11) is 0. The van der Waals surface area contributed by atoms with E-state index in [0.717, 1.165) is 18.0 Å². The first kappa shape index (κ1) is 18.8. The number of halogens is 2. The molecule has 1 amide bonds. The number of nitrogens with zero attached hydrogens (tertiary/aromatic N) is 4. The van der Waals surface area contributed by atoms with Crippen molar-refractivity contribution < 1.29 is 13.6 Å². The zero-order valence-electron chi connectivity index (χ0n) is 15.6. The standard InChI is InChI=1S/C21H19F2N5O/c22-17-4-3-5-18(23)20(17)26-16-12-15(13-24-14-16)21(29)28-10-8-27(9-11-28)19-6-1-2-7-25-19/h1-7,12-14,26H,8-11H2. The van der Waals surface area contributed by atoms with Gasteiger partial charge in [0.15, 0.2) is 0 Å². The molecule has 4 rings (SSSR count). The maximum Gasteiger partial charge on any atom is 0.255 e. The molecule has 1 aliphatic rings. The second-order valence-electron chi connectivity index (χ2n) is 6.65. The predicted octanol–water partition coefficient (Wildman–Crippen LogP) is 3.46. The van der Waals surface area contributed by atoms with E-state index in [1.54, 1.807) is 17.2 Å². The van der Waals surface area contributed by atoms with Crippen LogP contribution >= 0.6 is 0 Å². The summed E-state index contributed by atoms with van der Waals surface area (Å²) in [5, 5.41) is 2.67. The summed E-state index contributed by atoms with van der Waals surface area (Å²) >= 11 is 0. The van der Waals surface area contributed by atoms with Crippen molar-refractivity contribution in [3.05, 3.63) is 78.3 Å². The van der Waals surface area contributed by atoms with E-state index in [-0.39, 0.29) is 11.6 Å². The van der Waals surface area contributed by atoms with E-state index in [4.69, 9.17) is 0 Å². The van der Waals surface area contributed by atoms with Crippen LogP contribution in [0.4, 0.5) is 26.0 Å². The fraction of sp³-hybridized carbons (Fsp3) is 0.190. The smallest absolute Gasteiger partial charge is 0.255 e. The molecule has 1 N–H and O–H groups in total. The number of rotatable bonds is 4. The zero-order chi connectivity index (χ0) is 20.2. The molecule has 29 heavy (non-hydrogen) atoms. The number of pyridine rings is 2. The molecule has 0 radical (unpaired) electrons. The summed E-state index contributed by atoms with van der Waals surface area (Å²) in [5.74, 6) is -0.713. The summed E-state index contributed by atoms with van der Waals surface area (Å²) < 4.78 is 27.7. The average Bonchev–Trinajstić information content (AvgIpc) is 2.77. The van der Waals surface area contributed by atoms with Gasteiger partial charge in [0.2, 0.25) is 0 Å². The lowest BCUT2D eigenvalue weighted by Gasteiger charge is -2.35. The van der Waals surface area contributed by atoms with Gasteiger partial charge in [-0.2, -0.15) is 0 Å². The zero-order valence-corrected chi connectivity index (χ0v) is 15.6. The number of piperazine rings is 1. The van der Waals surface area contributed by atoms with Crippen LogP contribution in [0.25, 0.3) is 0 Å². The summed E-state index contributed by atoms with van der Waals surface area (Å²) in [6, 6.07) is 10.9. The van der Waals surface area contributed by atoms with Crippen LogP contribution in [-0.4, -0.2) is 47.0 Å². The van der Waals surface area contributed by atoms with Gasteiger partial charge >= 0.3 is 0 Å². The maximum atomic E-state index is 13.9. The predicted molar refractivity (Wildman–Crippen MR) is 106 cm³/mol. The molecule has 1 saturated heterocycles. The minimum Gasteiger partial charge on any atom is -0.353 e. The summed E-state index contributed by atoms with van der Waals surface area (Å²) in [6.45, 7) is 2.45. The highest BCUT2D eigenvalue weighted by molar-refractivity contribution is 5.95. The molecule has 148 valence electrons. The molecule has 0 bridgehead atoms. The van der Waals surface area contributed by atoms with Crippen molar-refractivity contribution in [2.45, 2.75) is 0 Å². The van der Waals surface area contributed by atoms with Gasteiger partial charge < -0.3 is 15.1 Å². The Kier molecular flexibility index (Phi) is 5.33. The Morgan fingerprint density at radius 3 is 2.41 bits per heavy atom. The number of benzene rings is 1. The lowest BCUT2D eigenvalue weighted by molar-refractivity contribution is 0.0746. The molecular weight excluding hydrogens is 376 g/mol. The summed E-state index contributed by atoms with van der Waals surface area (Å²) in [4.78, 5) is 25.1. The van der Waals surface area contributed by atoms with Crippen molar-refractivity contribution in [3.63, 3.8) is 0 Å². The van der Waals surface area contributed by atoms with Crippen molar-refractivity contribution in [1.29, 1.82) is 0 Å². The minimum absolute atomic E-state index is 0.171. The highest BCUT2D eigenvalue weighted by Gasteiger charge is 2.23. The number of hydrogen-bond donors (Lipinski definition) is 1. The molecule has 0 saturated carbocycles. The largest absolute Gasteiger partial charge is 0.353 e. The minimum atomic E-state index is -0.715. The first-order valence-corrected chi connectivity index (χ1v) is 9.23. The van der Waals surface area contributed by atoms with E-state index in [2.05, 4.69) is 20.2 Å². The number of para-hydroxylation sites is 1. The Hall–Kier alpha value is -3.55. The summed E-state index contributed by atoms with van der Waals surface area (Å²) in [5.41, 5.74) is 0.424. The molecule has 1 fully saturated rings. The van der Waals surface area contributed by atoms with Crippen LogP contribution in [0.5, 0.6) is 0 Å². The van der Waals surface area contributed by atoms with Crippen LogP contribution in [0.15, 0.2) is 61.1 Å². The van der Waals surface area contributed by atoms with Crippen LogP contribution in [0.1, 0.15) is 10.4 Å². The third-order valence-corrected chi connectivity index (χ3v) is 4.76. The molecule has 1 aromatic carbocycles. The molecule has 0 atom stereocenters. The number of amides is 1. The van der Waals surface area contributed by atoms with Gasteiger partial charge in [0, 0.05) is 38.6 Å². The first-order chi connectivity index (χ1) is 14.1. The SMILES string of the molecule is O=C(c1cncc(Nc2c(F)cccc2F)c1)N1CCN(c2ccccn2)CC1. The summed E-state index contributed by atoms with van der Waals surface area (Å²) in [6.07, 6.45) is 4.62. The average molecular weight is 395 g/mol. The topological polar surface area (TPSA) is 61.4 Å². The van der Waals surface area contributed by atoms with E-state index in [1.807, 2.05) is 18.2 Å². The highest BCUT2D eigenvalue weighted by Crippen LogP contribution is 2.23. The van der Waals surface area contributed by atoms with Crippen LogP contribution in [0.2, 0.25) is 0 Å². The van der Waals surface area contributed by atoms with Crippen molar-refractivity contribution in [1.82, 2.24) is 14.9 Å². The lowest BCUT2D eigenvalue weighted by Crippen LogP contribution is -2.49.